The van der Waals surface area contributed by atoms with Crippen LogP contribution in [-0.2, 0) is 16.0 Å². The molecule has 1 aromatic rings. The Balaban J connectivity index is 1.62. The molecule has 1 heterocycles. The van der Waals surface area contributed by atoms with Crippen molar-refractivity contribution in [3.05, 3.63) is 28.2 Å². The highest BCUT2D eigenvalue weighted by Crippen LogP contribution is 2.24. The van der Waals surface area contributed by atoms with Crippen molar-refractivity contribution in [2.24, 2.45) is 0 Å². The zero-order valence-corrected chi connectivity index (χ0v) is 14.5. The molecule has 1 atom stereocenters. The van der Waals surface area contributed by atoms with Gasteiger partial charge in [-0.05, 0) is 44.0 Å². The van der Waals surface area contributed by atoms with Crippen LogP contribution in [0, 0.1) is 0 Å². The van der Waals surface area contributed by atoms with Crippen LogP contribution in [0.4, 0.5) is 8.78 Å². The Morgan fingerprint density at radius 1 is 1.39 bits per heavy atom. The molecule has 0 amide bonds. The molecule has 1 saturated heterocycles. The largest absolute Gasteiger partial charge is 0.434 e. The van der Waals surface area contributed by atoms with Crippen molar-refractivity contribution >= 4 is 15.9 Å². The van der Waals surface area contributed by atoms with Gasteiger partial charge in [-0.2, -0.15) is 8.78 Å². The Labute approximate surface area is 143 Å². The first-order chi connectivity index (χ1) is 11.1. The number of hydrogen-bond acceptors (Lipinski definition) is 4. The molecule has 0 radical (unpaired) electrons. The van der Waals surface area contributed by atoms with Crippen LogP contribution in [0.3, 0.4) is 0 Å². The summed E-state index contributed by atoms with van der Waals surface area (Å²) >= 11 is 3.34. The molecule has 23 heavy (non-hydrogen) atoms. The van der Waals surface area contributed by atoms with E-state index in [9.17, 15) is 8.78 Å². The molecule has 7 heteroatoms. The summed E-state index contributed by atoms with van der Waals surface area (Å²) in [7, 11) is 0. The lowest BCUT2D eigenvalue weighted by Crippen LogP contribution is -2.19. The third-order valence-electron chi connectivity index (χ3n) is 3.52. The average molecular weight is 394 g/mol. The summed E-state index contributed by atoms with van der Waals surface area (Å²) in [6.45, 7) is 0.537. The first-order valence-corrected chi connectivity index (χ1v) is 8.58. The highest BCUT2D eigenvalue weighted by Gasteiger charge is 2.15. The summed E-state index contributed by atoms with van der Waals surface area (Å²) in [4.78, 5) is 0. The van der Waals surface area contributed by atoms with E-state index in [1.165, 1.54) is 6.07 Å². The number of hydrogen-bond donors (Lipinski definition) is 1. The van der Waals surface area contributed by atoms with Crippen LogP contribution < -0.4 is 10.1 Å². The lowest BCUT2D eigenvalue weighted by atomic mass is 10.2. The van der Waals surface area contributed by atoms with Gasteiger partial charge in [0.15, 0.2) is 0 Å². The van der Waals surface area contributed by atoms with Crippen molar-refractivity contribution in [1.29, 1.82) is 0 Å². The third-order valence-corrected chi connectivity index (χ3v) is 4.02. The Bertz CT molecular complexity index is 471. The summed E-state index contributed by atoms with van der Waals surface area (Å²) < 4.78 is 41.1. The van der Waals surface area contributed by atoms with Gasteiger partial charge < -0.3 is 19.5 Å². The summed E-state index contributed by atoms with van der Waals surface area (Å²) in [5.41, 5.74) is 0.694. The monoisotopic (exact) mass is 393 g/mol. The highest BCUT2D eigenvalue weighted by atomic mass is 79.9. The molecule has 0 aromatic heterocycles. The van der Waals surface area contributed by atoms with Crippen molar-refractivity contribution in [1.82, 2.24) is 5.32 Å². The predicted molar refractivity (Wildman–Crippen MR) is 86.9 cm³/mol. The second-order valence-electron chi connectivity index (χ2n) is 5.37. The van der Waals surface area contributed by atoms with E-state index in [0.717, 1.165) is 36.9 Å². The van der Waals surface area contributed by atoms with Crippen molar-refractivity contribution in [2.45, 2.75) is 38.5 Å². The van der Waals surface area contributed by atoms with Gasteiger partial charge in [0.05, 0.1) is 12.7 Å². The molecule has 0 bridgehead atoms. The van der Waals surface area contributed by atoms with Crippen LogP contribution in [0.1, 0.15) is 24.8 Å². The first kappa shape index (κ1) is 18.6. The van der Waals surface area contributed by atoms with Gasteiger partial charge in [0, 0.05) is 29.8 Å². The minimum absolute atomic E-state index is 0.199. The highest BCUT2D eigenvalue weighted by molar-refractivity contribution is 9.10. The molecule has 130 valence electrons. The van der Waals surface area contributed by atoms with E-state index >= 15 is 0 Å². The lowest BCUT2D eigenvalue weighted by molar-refractivity contribution is -0.0505. The minimum Gasteiger partial charge on any atom is -0.434 e. The van der Waals surface area contributed by atoms with Gasteiger partial charge in [-0.1, -0.05) is 15.9 Å². The SMILES string of the molecule is FC(F)Oc1ccc(Br)cc1CNCCCOCC1CCCO1. The molecule has 1 N–H and O–H groups in total. The molecule has 1 fully saturated rings. The van der Waals surface area contributed by atoms with Gasteiger partial charge in [-0.25, -0.2) is 0 Å². The number of rotatable bonds is 10. The zero-order chi connectivity index (χ0) is 16.5. The molecule has 1 unspecified atom stereocenters. The minimum atomic E-state index is -2.82. The molecular weight excluding hydrogens is 372 g/mol. The Hall–Kier alpha value is -0.760. The summed E-state index contributed by atoms with van der Waals surface area (Å²) in [5, 5.41) is 3.21. The van der Waals surface area contributed by atoms with Crippen molar-refractivity contribution in [2.75, 3.05) is 26.4 Å². The molecule has 0 aliphatic carbocycles. The molecule has 1 aliphatic rings. The van der Waals surface area contributed by atoms with E-state index in [1.807, 2.05) is 0 Å². The Morgan fingerprint density at radius 2 is 2.26 bits per heavy atom. The molecule has 0 spiro atoms. The molecule has 0 saturated carbocycles. The van der Waals surface area contributed by atoms with Gasteiger partial charge >= 0.3 is 6.61 Å². The molecular formula is C16H22BrF2NO3. The van der Waals surface area contributed by atoms with Crippen molar-refractivity contribution < 1.29 is 23.0 Å². The number of ether oxygens (including phenoxy) is 3. The van der Waals surface area contributed by atoms with Crippen molar-refractivity contribution in [3.63, 3.8) is 0 Å². The van der Waals surface area contributed by atoms with E-state index in [4.69, 9.17) is 9.47 Å². The predicted octanol–water partition coefficient (Wildman–Crippen LogP) is 3.73. The summed E-state index contributed by atoms with van der Waals surface area (Å²) in [6, 6.07) is 5.00. The molecule has 1 aliphatic heterocycles. The maximum atomic E-state index is 12.4. The van der Waals surface area contributed by atoms with Crippen LogP contribution >= 0.6 is 15.9 Å². The van der Waals surface area contributed by atoms with Gasteiger partial charge in [0.25, 0.3) is 0 Å². The fourth-order valence-corrected chi connectivity index (χ4v) is 2.82. The van der Waals surface area contributed by atoms with Crippen molar-refractivity contribution in [3.8, 4) is 5.75 Å². The normalized spacial score (nSPS) is 17.8. The van der Waals surface area contributed by atoms with Crippen LogP contribution in [0.15, 0.2) is 22.7 Å². The van der Waals surface area contributed by atoms with Crippen LogP contribution in [0.5, 0.6) is 5.75 Å². The van der Waals surface area contributed by atoms with Gasteiger partial charge in [-0.3, -0.25) is 0 Å². The van der Waals surface area contributed by atoms with E-state index in [-0.39, 0.29) is 11.9 Å². The number of alkyl halides is 2. The van der Waals surface area contributed by atoms with Crippen LogP contribution in [-0.4, -0.2) is 39.1 Å². The van der Waals surface area contributed by atoms with E-state index in [1.54, 1.807) is 12.1 Å². The topological polar surface area (TPSA) is 39.7 Å². The summed E-state index contributed by atoms with van der Waals surface area (Å²) in [5.74, 6) is 0.199. The Kier molecular flexibility index (Phi) is 8.22. The fourth-order valence-electron chi connectivity index (χ4n) is 2.41. The van der Waals surface area contributed by atoms with E-state index < -0.39 is 6.61 Å². The smallest absolute Gasteiger partial charge is 0.387 e. The second-order valence-corrected chi connectivity index (χ2v) is 6.29. The fraction of sp³-hybridized carbons (Fsp3) is 0.625. The standard InChI is InChI=1S/C16H22BrF2NO3/c17-13-4-5-15(23-16(18)19)12(9-13)10-20-6-2-7-21-11-14-3-1-8-22-14/h4-5,9,14,16,20H,1-3,6-8,10-11H2. The average Bonchev–Trinajstić information content (AvgIpc) is 3.01. The number of halogens is 3. The van der Waals surface area contributed by atoms with Crippen LogP contribution in [0.25, 0.3) is 0 Å². The first-order valence-electron chi connectivity index (χ1n) is 7.78. The second kappa shape index (κ2) is 10.2. The van der Waals surface area contributed by atoms with Gasteiger partial charge in [-0.15, -0.1) is 0 Å². The van der Waals surface area contributed by atoms with E-state index in [0.29, 0.717) is 25.3 Å². The molecule has 1 aromatic carbocycles. The number of benzene rings is 1. The Morgan fingerprint density at radius 3 is 3.00 bits per heavy atom. The maximum Gasteiger partial charge on any atom is 0.387 e. The number of nitrogens with one attached hydrogen (secondary N) is 1. The molecule has 4 nitrogen and oxygen atoms in total. The van der Waals surface area contributed by atoms with Gasteiger partial charge in [0.1, 0.15) is 5.75 Å². The summed E-state index contributed by atoms with van der Waals surface area (Å²) in [6.07, 6.45) is 3.30. The quantitative estimate of drug-likeness (QED) is 0.614. The third kappa shape index (κ3) is 7.12. The lowest BCUT2D eigenvalue weighted by Gasteiger charge is -2.13. The van der Waals surface area contributed by atoms with E-state index in [2.05, 4.69) is 26.0 Å². The van der Waals surface area contributed by atoms with Gasteiger partial charge in [0.2, 0.25) is 0 Å². The maximum absolute atomic E-state index is 12.4. The molecule has 2 rings (SSSR count). The van der Waals surface area contributed by atoms with Crippen LogP contribution in [0.2, 0.25) is 0 Å². The zero-order valence-electron chi connectivity index (χ0n) is 12.9.